The van der Waals surface area contributed by atoms with Gasteiger partial charge in [-0.2, -0.15) is 4.99 Å². The van der Waals surface area contributed by atoms with E-state index in [2.05, 4.69) is 22.9 Å². The van der Waals surface area contributed by atoms with Crippen LogP contribution in [0.3, 0.4) is 0 Å². The molecular formula is C23H28N2O2S. The molecule has 0 atom stereocenters. The van der Waals surface area contributed by atoms with Gasteiger partial charge in [0.2, 0.25) is 0 Å². The summed E-state index contributed by atoms with van der Waals surface area (Å²) in [7, 11) is 1.71. The van der Waals surface area contributed by atoms with Crippen LogP contribution in [0.5, 0.6) is 0 Å². The van der Waals surface area contributed by atoms with Gasteiger partial charge >= 0.3 is 0 Å². The Bertz CT molecular complexity index is 892. The summed E-state index contributed by atoms with van der Waals surface area (Å²) in [5.74, 6) is 2.41. The van der Waals surface area contributed by atoms with Crippen molar-refractivity contribution >= 4 is 17.2 Å². The molecule has 1 amide bonds. The third kappa shape index (κ3) is 3.29. The highest BCUT2D eigenvalue weighted by Crippen LogP contribution is 2.60. The van der Waals surface area contributed by atoms with Crippen LogP contribution >= 0.6 is 11.3 Å². The first-order valence-electron chi connectivity index (χ1n) is 10.5. The molecule has 6 rings (SSSR count). The van der Waals surface area contributed by atoms with Crippen molar-refractivity contribution in [3.8, 4) is 10.4 Å². The summed E-state index contributed by atoms with van der Waals surface area (Å²) in [5, 5.41) is 0. The number of hydrogen-bond donors (Lipinski definition) is 0. The zero-order valence-corrected chi connectivity index (χ0v) is 17.3. The van der Waals surface area contributed by atoms with E-state index in [0.29, 0.717) is 13.2 Å². The summed E-state index contributed by atoms with van der Waals surface area (Å²) >= 11 is 1.62. The first-order chi connectivity index (χ1) is 13.6. The van der Waals surface area contributed by atoms with Crippen molar-refractivity contribution in [2.24, 2.45) is 28.2 Å². The highest BCUT2D eigenvalue weighted by atomic mass is 32.1. The number of nitrogens with zero attached hydrogens (tertiary/aromatic N) is 2. The van der Waals surface area contributed by atoms with Crippen LogP contribution < -0.4 is 4.80 Å². The summed E-state index contributed by atoms with van der Waals surface area (Å²) in [6, 6.07) is 10.3. The van der Waals surface area contributed by atoms with Gasteiger partial charge in [-0.15, -0.1) is 0 Å². The van der Waals surface area contributed by atoms with Crippen molar-refractivity contribution in [2.75, 3.05) is 13.7 Å². The fourth-order valence-corrected chi connectivity index (χ4v) is 7.15. The van der Waals surface area contributed by atoms with Gasteiger partial charge in [-0.3, -0.25) is 4.79 Å². The second kappa shape index (κ2) is 7.27. The van der Waals surface area contributed by atoms with Gasteiger partial charge < -0.3 is 9.30 Å². The monoisotopic (exact) mass is 396 g/mol. The second-order valence-corrected chi connectivity index (χ2v) is 10.1. The maximum Gasteiger partial charge on any atom is 0.254 e. The van der Waals surface area contributed by atoms with Gasteiger partial charge in [0, 0.05) is 19.9 Å². The van der Waals surface area contributed by atoms with Crippen LogP contribution in [0.1, 0.15) is 38.5 Å². The lowest BCUT2D eigenvalue weighted by Gasteiger charge is -2.55. The molecule has 4 aliphatic carbocycles. The van der Waals surface area contributed by atoms with Crippen LogP contribution in [0.15, 0.2) is 41.5 Å². The molecule has 1 aromatic heterocycles. The fraction of sp³-hybridized carbons (Fsp3) is 0.565. The molecule has 0 radical (unpaired) electrons. The molecule has 4 nitrogen and oxygen atoms in total. The molecule has 148 valence electrons. The van der Waals surface area contributed by atoms with Crippen molar-refractivity contribution < 1.29 is 9.53 Å². The van der Waals surface area contributed by atoms with Crippen LogP contribution in [0, 0.1) is 23.2 Å². The molecule has 28 heavy (non-hydrogen) atoms. The number of carbonyl (C=O) groups is 1. The smallest absolute Gasteiger partial charge is 0.254 e. The Balaban J connectivity index is 1.50. The van der Waals surface area contributed by atoms with Gasteiger partial charge in [0.1, 0.15) is 0 Å². The molecule has 5 heteroatoms. The lowest BCUT2D eigenvalue weighted by atomic mass is 9.49. The van der Waals surface area contributed by atoms with Crippen molar-refractivity contribution in [3.05, 3.63) is 41.3 Å². The van der Waals surface area contributed by atoms with E-state index in [0.717, 1.165) is 46.7 Å². The summed E-state index contributed by atoms with van der Waals surface area (Å²) in [6.45, 7) is 1.33. The highest BCUT2D eigenvalue weighted by molar-refractivity contribution is 7.12. The van der Waals surface area contributed by atoms with Gasteiger partial charge in [0.15, 0.2) is 4.80 Å². The average Bonchev–Trinajstić information content (AvgIpc) is 3.08. The van der Waals surface area contributed by atoms with E-state index >= 15 is 0 Å². The van der Waals surface area contributed by atoms with E-state index in [4.69, 9.17) is 9.73 Å². The van der Waals surface area contributed by atoms with E-state index in [-0.39, 0.29) is 11.3 Å². The van der Waals surface area contributed by atoms with E-state index in [9.17, 15) is 4.79 Å². The predicted octanol–water partition coefficient (Wildman–Crippen LogP) is 4.51. The zero-order valence-electron chi connectivity index (χ0n) is 16.5. The van der Waals surface area contributed by atoms with Crippen LogP contribution in [-0.4, -0.2) is 24.2 Å². The van der Waals surface area contributed by atoms with Crippen LogP contribution in [0.25, 0.3) is 10.4 Å². The quantitative estimate of drug-likeness (QED) is 0.746. The highest BCUT2D eigenvalue weighted by Gasteiger charge is 2.54. The number of amides is 1. The Labute approximate surface area is 170 Å². The van der Waals surface area contributed by atoms with E-state index < -0.39 is 0 Å². The Hall–Kier alpha value is -1.72. The van der Waals surface area contributed by atoms with Crippen LogP contribution in [0.2, 0.25) is 0 Å². The van der Waals surface area contributed by atoms with Crippen molar-refractivity contribution in [2.45, 2.75) is 45.1 Å². The molecule has 4 aliphatic rings. The summed E-state index contributed by atoms with van der Waals surface area (Å²) in [4.78, 5) is 20.1. The molecule has 0 N–H and O–H groups in total. The SMILES string of the molecule is COCCn1cc(-c2ccccc2)sc1=NC(=O)C12CC3CC(CC(C3)C1)C2. The third-order valence-electron chi connectivity index (χ3n) is 7.00. The number of thiazole rings is 1. The molecule has 0 spiro atoms. The Kier molecular flexibility index (Phi) is 4.76. The van der Waals surface area contributed by atoms with E-state index in [1.54, 1.807) is 18.4 Å². The van der Waals surface area contributed by atoms with Gasteiger partial charge in [0.05, 0.1) is 16.9 Å². The zero-order chi connectivity index (χ0) is 19.1. The molecule has 1 heterocycles. The molecule has 1 aromatic carbocycles. The minimum absolute atomic E-state index is 0.138. The molecule has 0 aliphatic heterocycles. The number of ether oxygens (including phenoxy) is 1. The van der Waals surface area contributed by atoms with Gasteiger partial charge in [0.25, 0.3) is 5.91 Å². The number of benzene rings is 1. The summed E-state index contributed by atoms with van der Waals surface area (Å²) in [5.41, 5.74) is 0.993. The van der Waals surface area contributed by atoms with E-state index in [1.807, 2.05) is 18.2 Å². The molecule has 0 unspecified atom stereocenters. The number of hydrogen-bond acceptors (Lipinski definition) is 3. The number of aromatic nitrogens is 1. The Morgan fingerprint density at radius 2 is 1.79 bits per heavy atom. The maximum absolute atomic E-state index is 13.4. The number of carbonyl (C=O) groups excluding carboxylic acids is 1. The number of methoxy groups -OCH3 is 1. The minimum Gasteiger partial charge on any atom is -0.383 e. The second-order valence-electron chi connectivity index (χ2n) is 9.05. The number of rotatable bonds is 5. The summed E-state index contributed by atoms with van der Waals surface area (Å²) in [6.07, 6.45) is 9.35. The largest absolute Gasteiger partial charge is 0.383 e. The fourth-order valence-electron chi connectivity index (χ4n) is 6.13. The lowest BCUT2D eigenvalue weighted by Crippen LogP contribution is -2.49. The molecule has 4 fully saturated rings. The minimum atomic E-state index is -0.176. The Morgan fingerprint density at radius 1 is 1.14 bits per heavy atom. The van der Waals surface area contributed by atoms with Gasteiger partial charge in [-0.05, 0) is 61.8 Å². The predicted molar refractivity (Wildman–Crippen MR) is 111 cm³/mol. The lowest BCUT2D eigenvalue weighted by molar-refractivity contribution is -0.142. The average molecular weight is 397 g/mol. The Morgan fingerprint density at radius 3 is 2.39 bits per heavy atom. The van der Waals surface area contributed by atoms with Crippen molar-refractivity contribution in [3.63, 3.8) is 0 Å². The maximum atomic E-state index is 13.4. The normalized spacial score (nSPS) is 31.5. The topological polar surface area (TPSA) is 43.6 Å². The van der Waals surface area contributed by atoms with Gasteiger partial charge in [-0.1, -0.05) is 41.7 Å². The van der Waals surface area contributed by atoms with E-state index in [1.165, 1.54) is 24.8 Å². The molecular weight excluding hydrogens is 368 g/mol. The third-order valence-corrected chi connectivity index (χ3v) is 8.07. The van der Waals surface area contributed by atoms with Crippen LogP contribution in [0.4, 0.5) is 0 Å². The van der Waals surface area contributed by atoms with Crippen molar-refractivity contribution in [1.82, 2.24) is 4.57 Å². The molecule has 4 saturated carbocycles. The van der Waals surface area contributed by atoms with Crippen LogP contribution in [-0.2, 0) is 16.1 Å². The molecule has 2 aromatic rings. The first kappa shape index (κ1) is 18.3. The first-order valence-corrected chi connectivity index (χ1v) is 11.3. The van der Waals surface area contributed by atoms with Crippen molar-refractivity contribution in [1.29, 1.82) is 0 Å². The molecule has 0 saturated heterocycles. The standard InChI is InChI=1S/C23H28N2O2S/c1-27-8-7-25-15-20(19-5-3-2-4-6-19)28-22(25)24-21(26)23-12-16-9-17(13-23)11-18(10-16)14-23/h2-6,15-18H,7-14H2,1H3. The molecule has 4 bridgehead atoms. The van der Waals surface area contributed by atoms with Gasteiger partial charge in [-0.25, -0.2) is 0 Å². The summed E-state index contributed by atoms with van der Waals surface area (Å²) < 4.78 is 7.37.